The van der Waals surface area contributed by atoms with Gasteiger partial charge in [0.25, 0.3) is 0 Å². The number of methoxy groups -OCH3 is 2. The number of carbonyl (C=O) groups is 2. The summed E-state index contributed by atoms with van der Waals surface area (Å²) in [6.07, 6.45) is 0.714. The van der Waals surface area contributed by atoms with Crippen LogP contribution in [0.4, 0.5) is 0 Å². The van der Waals surface area contributed by atoms with Crippen LogP contribution in [0, 0.1) is 25.7 Å². The molecular weight excluding hydrogens is 260 g/mol. The van der Waals surface area contributed by atoms with Crippen LogP contribution >= 0.6 is 0 Å². The van der Waals surface area contributed by atoms with Gasteiger partial charge in [0.05, 0.1) is 48.8 Å². The van der Waals surface area contributed by atoms with Crippen LogP contribution in [0.5, 0.6) is 0 Å². The first kappa shape index (κ1) is 14.4. The second-order valence-electron chi connectivity index (χ2n) is 4.96. The number of nitrogens with zero attached hydrogens (tertiary/aromatic N) is 2. The molecular formula is C14H18N2O4. The third-order valence-electron chi connectivity index (χ3n) is 3.78. The van der Waals surface area contributed by atoms with Crippen LogP contribution in [0.15, 0.2) is 0 Å². The third kappa shape index (κ3) is 2.50. The van der Waals surface area contributed by atoms with Crippen molar-refractivity contribution < 1.29 is 19.1 Å². The lowest BCUT2D eigenvalue weighted by Crippen LogP contribution is -2.39. The molecule has 0 fully saturated rings. The second-order valence-corrected chi connectivity index (χ2v) is 4.96. The minimum Gasteiger partial charge on any atom is -0.469 e. The number of rotatable bonds is 2. The monoisotopic (exact) mass is 278 g/mol. The van der Waals surface area contributed by atoms with Crippen molar-refractivity contribution in [2.45, 2.75) is 26.7 Å². The second kappa shape index (κ2) is 5.56. The first-order valence-electron chi connectivity index (χ1n) is 6.46. The smallest absolute Gasteiger partial charge is 0.309 e. The highest BCUT2D eigenvalue weighted by molar-refractivity contribution is 5.83. The number of ether oxygens (including phenoxy) is 2. The van der Waals surface area contributed by atoms with Crippen LogP contribution in [0.3, 0.4) is 0 Å². The Kier molecular flexibility index (Phi) is 4.01. The highest BCUT2D eigenvalue weighted by Gasteiger charge is 2.40. The molecule has 6 heteroatoms. The Balaban J connectivity index is 2.41. The van der Waals surface area contributed by atoms with Gasteiger partial charge in [-0.3, -0.25) is 19.6 Å². The number of aryl methyl sites for hydroxylation is 2. The fourth-order valence-electron chi connectivity index (χ4n) is 2.52. The summed E-state index contributed by atoms with van der Waals surface area (Å²) in [4.78, 5) is 32.7. The van der Waals surface area contributed by atoms with E-state index >= 15 is 0 Å². The molecule has 108 valence electrons. The molecule has 0 amide bonds. The Morgan fingerprint density at radius 2 is 1.25 bits per heavy atom. The van der Waals surface area contributed by atoms with Gasteiger partial charge < -0.3 is 9.47 Å². The molecule has 0 radical (unpaired) electrons. The molecule has 0 aromatic carbocycles. The molecule has 1 aliphatic rings. The van der Waals surface area contributed by atoms with E-state index in [1.165, 1.54) is 14.2 Å². The van der Waals surface area contributed by atoms with Gasteiger partial charge in [0.2, 0.25) is 0 Å². The van der Waals surface area contributed by atoms with Crippen LogP contribution in [0.2, 0.25) is 0 Å². The Labute approximate surface area is 117 Å². The lowest BCUT2D eigenvalue weighted by Gasteiger charge is -2.28. The van der Waals surface area contributed by atoms with Gasteiger partial charge in [0.15, 0.2) is 0 Å². The number of fused-ring (bicyclic) bond motifs is 1. The van der Waals surface area contributed by atoms with Crippen molar-refractivity contribution in [3.05, 3.63) is 22.8 Å². The number of carbonyl (C=O) groups excluding carboxylic acids is 2. The van der Waals surface area contributed by atoms with Crippen LogP contribution in [0.25, 0.3) is 0 Å². The highest BCUT2D eigenvalue weighted by Crippen LogP contribution is 2.30. The number of hydrogen-bond acceptors (Lipinski definition) is 6. The molecule has 20 heavy (non-hydrogen) atoms. The normalized spacial score (nSPS) is 21.0. The van der Waals surface area contributed by atoms with Crippen molar-refractivity contribution in [3.8, 4) is 0 Å². The maximum atomic E-state index is 11.9. The summed E-state index contributed by atoms with van der Waals surface area (Å²) in [7, 11) is 2.64. The van der Waals surface area contributed by atoms with Crippen molar-refractivity contribution >= 4 is 11.9 Å². The molecule has 1 heterocycles. The van der Waals surface area contributed by atoms with Crippen molar-refractivity contribution in [2.24, 2.45) is 11.8 Å². The quantitative estimate of drug-likeness (QED) is 0.744. The summed E-state index contributed by atoms with van der Waals surface area (Å²) in [5, 5.41) is 0. The van der Waals surface area contributed by atoms with Crippen LogP contribution in [0.1, 0.15) is 22.8 Å². The predicted molar refractivity (Wildman–Crippen MR) is 69.9 cm³/mol. The van der Waals surface area contributed by atoms with E-state index in [4.69, 9.17) is 9.47 Å². The first-order chi connectivity index (χ1) is 9.47. The van der Waals surface area contributed by atoms with E-state index in [-0.39, 0.29) is 0 Å². The summed E-state index contributed by atoms with van der Waals surface area (Å²) in [5.74, 6) is -1.94. The topological polar surface area (TPSA) is 78.4 Å². The molecule has 0 spiro atoms. The summed E-state index contributed by atoms with van der Waals surface area (Å²) in [6, 6.07) is 0. The fraction of sp³-hybridized carbons (Fsp3) is 0.571. The molecule has 1 aromatic heterocycles. The molecule has 0 saturated heterocycles. The van der Waals surface area contributed by atoms with E-state index in [0.717, 1.165) is 22.8 Å². The minimum atomic E-state index is -0.559. The molecule has 0 aliphatic heterocycles. The highest BCUT2D eigenvalue weighted by atomic mass is 16.5. The van der Waals surface area contributed by atoms with Gasteiger partial charge in [-0.05, 0) is 13.8 Å². The van der Waals surface area contributed by atoms with Gasteiger partial charge in [0, 0.05) is 12.8 Å². The zero-order valence-electron chi connectivity index (χ0n) is 12.1. The SMILES string of the molecule is COC(=O)[C@H]1Cc2nc(C)c(C)nc2C[C@H]1C(=O)OC. The Morgan fingerprint density at radius 1 is 0.900 bits per heavy atom. The molecule has 2 rings (SSSR count). The van der Waals surface area contributed by atoms with Crippen LogP contribution in [-0.2, 0) is 31.9 Å². The average Bonchev–Trinajstić information content (AvgIpc) is 2.45. The molecule has 0 saturated carbocycles. The summed E-state index contributed by atoms with van der Waals surface area (Å²) < 4.78 is 9.58. The minimum absolute atomic E-state index is 0.357. The van der Waals surface area contributed by atoms with Gasteiger partial charge in [-0.15, -0.1) is 0 Å². The number of hydrogen-bond donors (Lipinski definition) is 0. The van der Waals surface area contributed by atoms with Gasteiger partial charge in [-0.2, -0.15) is 0 Å². The molecule has 0 unspecified atom stereocenters. The predicted octanol–water partition coefficient (Wildman–Crippen LogP) is 0.770. The largest absolute Gasteiger partial charge is 0.469 e. The summed E-state index contributed by atoms with van der Waals surface area (Å²) in [5.41, 5.74) is 3.21. The Hall–Kier alpha value is -1.98. The molecule has 2 atom stereocenters. The van der Waals surface area contributed by atoms with E-state index in [0.29, 0.717) is 12.8 Å². The van der Waals surface area contributed by atoms with Crippen LogP contribution < -0.4 is 0 Å². The molecule has 6 nitrogen and oxygen atoms in total. The molecule has 1 aliphatic carbocycles. The fourth-order valence-corrected chi connectivity index (χ4v) is 2.52. The van der Waals surface area contributed by atoms with E-state index in [2.05, 4.69) is 9.97 Å². The van der Waals surface area contributed by atoms with E-state index in [1.54, 1.807) is 0 Å². The Morgan fingerprint density at radius 3 is 1.55 bits per heavy atom. The number of aromatic nitrogens is 2. The van der Waals surface area contributed by atoms with Crippen molar-refractivity contribution in [1.82, 2.24) is 9.97 Å². The van der Waals surface area contributed by atoms with Gasteiger partial charge >= 0.3 is 11.9 Å². The zero-order chi connectivity index (χ0) is 14.9. The standard InChI is InChI=1S/C14H18N2O4/c1-7-8(2)16-12-6-10(14(18)20-4)9(13(17)19-3)5-11(12)15-7/h9-10H,5-6H2,1-4H3/t9-,10+. The van der Waals surface area contributed by atoms with Crippen LogP contribution in [-0.4, -0.2) is 36.1 Å². The maximum Gasteiger partial charge on any atom is 0.309 e. The Bertz CT molecular complexity index is 507. The zero-order valence-corrected chi connectivity index (χ0v) is 12.1. The van der Waals surface area contributed by atoms with E-state index in [9.17, 15) is 9.59 Å². The van der Waals surface area contributed by atoms with Crippen molar-refractivity contribution in [1.29, 1.82) is 0 Å². The number of esters is 2. The van der Waals surface area contributed by atoms with Crippen molar-refractivity contribution in [3.63, 3.8) is 0 Å². The first-order valence-corrected chi connectivity index (χ1v) is 6.46. The molecule has 0 bridgehead atoms. The lowest BCUT2D eigenvalue weighted by molar-refractivity contribution is -0.158. The third-order valence-corrected chi connectivity index (χ3v) is 3.78. The van der Waals surface area contributed by atoms with E-state index < -0.39 is 23.8 Å². The van der Waals surface area contributed by atoms with Gasteiger partial charge in [-0.1, -0.05) is 0 Å². The van der Waals surface area contributed by atoms with Gasteiger partial charge in [-0.25, -0.2) is 0 Å². The van der Waals surface area contributed by atoms with E-state index in [1.807, 2.05) is 13.8 Å². The van der Waals surface area contributed by atoms with Crippen molar-refractivity contribution in [2.75, 3.05) is 14.2 Å². The average molecular weight is 278 g/mol. The molecule has 1 aromatic rings. The lowest BCUT2D eigenvalue weighted by atomic mass is 9.79. The summed E-state index contributed by atoms with van der Waals surface area (Å²) >= 11 is 0. The molecule has 0 N–H and O–H groups in total. The van der Waals surface area contributed by atoms with Gasteiger partial charge in [0.1, 0.15) is 0 Å². The maximum absolute atomic E-state index is 11.9. The summed E-state index contributed by atoms with van der Waals surface area (Å²) in [6.45, 7) is 3.75.